The van der Waals surface area contributed by atoms with Crippen molar-refractivity contribution in [3.05, 3.63) is 63.2 Å². The van der Waals surface area contributed by atoms with Crippen LogP contribution in [0.4, 0.5) is 9.59 Å². The number of halogens is 1. The summed E-state index contributed by atoms with van der Waals surface area (Å²) in [5.41, 5.74) is 0.990. The number of alkyl carbamates (subject to hydrolysis) is 1. The zero-order valence-corrected chi connectivity index (χ0v) is 18.0. The fourth-order valence-corrected chi connectivity index (χ4v) is 3.03. The monoisotopic (exact) mass is 526 g/mol. The lowest BCUT2D eigenvalue weighted by molar-refractivity contribution is -0.139. The van der Waals surface area contributed by atoms with Gasteiger partial charge in [0.15, 0.2) is 0 Å². The zero-order chi connectivity index (χ0) is 22.1. The second-order valence-electron chi connectivity index (χ2n) is 5.93. The van der Waals surface area contributed by atoms with Gasteiger partial charge >= 0.3 is 18.2 Å². The van der Waals surface area contributed by atoms with Crippen LogP contribution in [0.3, 0.4) is 0 Å². The SMILES string of the molecule is CCOC(=O)NC(=O)Oc1ccc(C[C@H](NC(=O)c2ccccc2I)C(=O)O)cc1. The number of hydrogen-bond acceptors (Lipinski definition) is 6. The summed E-state index contributed by atoms with van der Waals surface area (Å²) in [5.74, 6) is -1.51. The van der Waals surface area contributed by atoms with Crippen molar-refractivity contribution in [1.29, 1.82) is 0 Å². The second-order valence-corrected chi connectivity index (χ2v) is 7.09. The van der Waals surface area contributed by atoms with Crippen LogP contribution in [0.1, 0.15) is 22.8 Å². The zero-order valence-electron chi connectivity index (χ0n) is 15.9. The summed E-state index contributed by atoms with van der Waals surface area (Å²) in [6.45, 7) is 1.70. The van der Waals surface area contributed by atoms with E-state index in [0.29, 0.717) is 14.7 Å². The van der Waals surface area contributed by atoms with Crippen LogP contribution in [0, 0.1) is 3.57 Å². The lowest BCUT2D eigenvalue weighted by atomic mass is 10.1. The molecule has 2 aromatic carbocycles. The molecule has 3 N–H and O–H groups in total. The maximum absolute atomic E-state index is 12.4. The molecule has 0 aliphatic heterocycles. The summed E-state index contributed by atoms with van der Waals surface area (Å²) in [4.78, 5) is 46.7. The van der Waals surface area contributed by atoms with Crippen molar-refractivity contribution in [3.8, 4) is 5.75 Å². The molecule has 0 heterocycles. The molecule has 0 aromatic heterocycles. The smallest absolute Gasteiger partial charge is 0.422 e. The van der Waals surface area contributed by atoms with E-state index in [1.807, 2.05) is 27.9 Å². The number of benzene rings is 2. The highest BCUT2D eigenvalue weighted by Crippen LogP contribution is 2.15. The molecule has 0 spiro atoms. The van der Waals surface area contributed by atoms with Crippen molar-refractivity contribution in [2.45, 2.75) is 19.4 Å². The van der Waals surface area contributed by atoms with Crippen LogP contribution in [-0.2, 0) is 16.0 Å². The highest BCUT2D eigenvalue weighted by atomic mass is 127. The number of nitrogens with one attached hydrogen (secondary N) is 2. The van der Waals surface area contributed by atoms with E-state index < -0.39 is 30.1 Å². The maximum Gasteiger partial charge on any atom is 0.422 e. The van der Waals surface area contributed by atoms with E-state index in [1.54, 1.807) is 43.3 Å². The van der Waals surface area contributed by atoms with Gasteiger partial charge in [-0.3, -0.25) is 4.79 Å². The number of carbonyl (C=O) groups excluding carboxylic acids is 3. The summed E-state index contributed by atoms with van der Waals surface area (Å²) in [5, 5.41) is 13.9. The molecule has 1 atom stereocenters. The van der Waals surface area contributed by atoms with Gasteiger partial charge in [0.25, 0.3) is 5.91 Å². The van der Waals surface area contributed by atoms with Crippen LogP contribution >= 0.6 is 22.6 Å². The predicted molar refractivity (Wildman–Crippen MR) is 114 cm³/mol. The number of carboxylic acids is 1. The molecule has 0 saturated carbocycles. The number of carboxylic acid groups (broad SMARTS) is 1. The Morgan fingerprint density at radius 2 is 1.70 bits per heavy atom. The molecule has 0 radical (unpaired) electrons. The van der Waals surface area contributed by atoms with Gasteiger partial charge in [0, 0.05) is 9.99 Å². The molecule has 0 saturated heterocycles. The lowest BCUT2D eigenvalue weighted by Gasteiger charge is -2.15. The Labute approximate surface area is 185 Å². The molecule has 0 aliphatic rings. The van der Waals surface area contributed by atoms with Crippen LogP contribution < -0.4 is 15.4 Å². The molecular weight excluding hydrogens is 507 g/mol. The predicted octanol–water partition coefficient (Wildman–Crippen LogP) is 2.96. The minimum Gasteiger partial charge on any atom is -0.480 e. The van der Waals surface area contributed by atoms with Gasteiger partial charge in [-0.1, -0.05) is 24.3 Å². The van der Waals surface area contributed by atoms with Gasteiger partial charge in [0.1, 0.15) is 11.8 Å². The number of imide groups is 1. The van der Waals surface area contributed by atoms with Crippen molar-refractivity contribution >= 4 is 46.7 Å². The third-order valence-electron chi connectivity index (χ3n) is 3.78. The first kappa shape index (κ1) is 23.1. The lowest BCUT2D eigenvalue weighted by Crippen LogP contribution is -2.42. The van der Waals surface area contributed by atoms with E-state index in [9.17, 15) is 24.3 Å². The van der Waals surface area contributed by atoms with Crippen LogP contribution in [-0.4, -0.2) is 41.8 Å². The van der Waals surface area contributed by atoms with Gasteiger partial charge in [-0.2, -0.15) is 0 Å². The molecule has 2 rings (SSSR count). The Morgan fingerprint density at radius 1 is 1.03 bits per heavy atom. The molecule has 30 heavy (non-hydrogen) atoms. The van der Waals surface area contributed by atoms with Gasteiger partial charge in [0.05, 0.1) is 12.2 Å². The molecule has 9 nitrogen and oxygen atoms in total. The van der Waals surface area contributed by atoms with Gasteiger partial charge < -0.3 is 19.9 Å². The normalized spacial score (nSPS) is 11.1. The molecular formula is C20H19IN2O7. The van der Waals surface area contributed by atoms with E-state index in [0.717, 1.165) is 0 Å². The minimum absolute atomic E-state index is 0.0276. The van der Waals surface area contributed by atoms with Crippen molar-refractivity contribution in [1.82, 2.24) is 10.6 Å². The quantitative estimate of drug-likeness (QED) is 0.473. The second kappa shape index (κ2) is 11.1. The molecule has 0 bridgehead atoms. The number of aliphatic carboxylic acids is 1. The fraction of sp³-hybridized carbons (Fsp3) is 0.200. The number of carbonyl (C=O) groups is 4. The highest BCUT2D eigenvalue weighted by molar-refractivity contribution is 14.1. The molecule has 158 valence electrons. The molecule has 0 aliphatic carbocycles. The van der Waals surface area contributed by atoms with E-state index in [-0.39, 0.29) is 18.8 Å². The molecule has 2 aromatic rings. The number of ether oxygens (including phenoxy) is 2. The van der Waals surface area contributed by atoms with Crippen molar-refractivity contribution in [3.63, 3.8) is 0 Å². The molecule has 0 unspecified atom stereocenters. The Morgan fingerprint density at radius 3 is 2.30 bits per heavy atom. The Kier molecular flexibility index (Phi) is 8.59. The van der Waals surface area contributed by atoms with Gasteiger partial charge in [0.2, 0.25) is 0 Å². The Hall–Kier alpha value is -3.15. The number of rotatable bonds is 7. The average Bonchev–Trinajstić information content (AvgIpc) is 2.69. The van der Waals surface area contributed by atoms with E-state index in [4.69, 9.17) is 4.74 Å². The standard InChI is InChI=1S/C20H19IN2O7/c1-2-29-19(27)23-20(28)30-13-9-7-12(8-10-13)11-16(18(25)26)22-17(24)14-5-3-4-6-15(14)21/h3-10,16H,2,11H2,1H3,(H,22,24)(H,25,26)(H,23,27,28)/t16-/m0/s1. The van der Waals surface area contributed by atoms with Gasteiger partial charge in [-0.25, -0.2) is 19.7 Å². The highest BCUT2D eigenvalue weighted by Gasteiger charge is 2.22. The Bertz CT molecular complexity index is 931. The summed E-state index contributed by atoms with van der Waals surface area (Å²) in [6.07, 6.45) is -1.90. The minimum atomic E-state index is -1.18. The van der Waals surface area contributed by atoms with Crippen molar-refractivity contribution in [2.75, 3.05) is 6.61 Å². The van der Waals surface area contributed by atoms with Crippen LogP contribution in [0.15, 0.2) is 48.5 Å². The Balaban J connectivity index is 1.98. The average molecular weight is 526 g/mol. The van der Waals surface area contributed by atoms with E-state index in [1.165, 1.54) is 12.1 Å². The van der Waals surface area contributed by atoms with Crippen LogP contribution in [0.25, 0.3) is 0 Å². The van der Waals surface area contributed by atoms with Gasteiger partial charge in [-0.05, 0) is 59.3 Å². The third kappa shape index (κ3) is 7.03. The van der Waals surface area contributed by atoms with Crippen molar-refractivity contribution in [2.24, 2.45) is 0 Å². The van der Waals surface area contributed by atoms with E-state index >= 15 is 0 Å². The number of hydrogen-bond donors (Lipinski definition) is 3. The maximum atomic E-state index is 12.4. The summed E-state index contributed by atoms with van der Waals surface area (Å²) < 4.78 is 10.2. The summed E-state index contributed by atoms with van der Waals surface area (Å²) in [6, 6.07) is 11.7. The summed E-state index contributed by atoms with van der Waals surface area (Å²) >= 11 is 2.00. The van der Waals surface area contributed by atoms with Gasteiger partial charge in [-0.15, -0.1) is 0 Å². The van der Waals surface area contributed by atoms with Crippen LogP contribution in [0.5, 0.6) is 5.75 Å². The molecule has 3 amide bonds. The van der Waals surface area contributed by atoms with Crippen LogP contribution in [0.2, 0.25) is 0 Å². The van der Waals surface area contributed by atoms with Crippen molar-refractivity contribution < 1.29 is 33.8 Å². The first-order valence-corrected chi connectivity index (χ1v) is 9.90. The topological polar surface area (TPSA) is 131 Å². The first-order chi connectivity index (χ1) is 14.3. The largest absolute Gasteiger partial charge is 0.480 e. The van der Waals surface area contributed by atoms with E-state index in [2.05, 4.69) is 10.1 Å². The number of amides is 3. The first-order valence-electron chi connectivity index (χ1n) is 8.83. The fourth-order valence-electron chi connectivity index (χ4n) is 2.39. The molecule has 10 heteroatoms. The third-order valence-corrected chi connectivity index (χ3v) is 4.72. The molecule has 0 fully saturated rings. The summed E-state index contributed by atoms with van der Waals surface area (Å²) in [7, 11) is 0.